The van der Waals surface area contributed by atoms with Crippen LogP contribution in [0.2, 0.25) is 0 Å². The zero-order valence-corrected chi connectivity index (χ0v) is 15.4. The van der Waals surface area contributed by atoms with E-state index in [1.807, 2.05) is 29.9 Å². The van der Waals surface area contributed by atoms with Crippen molar-refractivity contribution in [1.29, 1.82) is 0 Å². The molecule has 8 heteroatoms. The van der Waals surface area contributed by atoms with Crippen molar-refractivity contribution >= 4 is 17.7 Å². The van der Waals surface area contributed by atoms with Gasteiger partial charge in [0.1, 0.15) is 6.04 Å². The first-order valence-corrected chi connectivity index (χ1v) is 8.95. The number of nitrogens with zero attached hydrogens (tertiary/aromatic N) is 3. The average Bonchev–Trinajstić information content (AvgIpc) is 3.18. The summed E-state index contributed by atoms with van der Waals surface area (Å²) in [4.78, 5) is 38.3. The van der Waals surface area contributed by atoms with Gasteiger partial charge in [-0.3, -0.25) is 19.1 Å². The van der Waals surface area contributed by atoms with Crippen LogP contribution in [-0.2, 0) is 16.1 Å². The predicted octanol–water partition coefficient (Wildman–Crippen LogP) is 0.647. The van der Waals surface area contributed by atoms with Crippen LogP contribution >= 0.6 is 0 Å². The highest BCUT2D eigenvalue weighted by molar-refractivity contribution is 5.99. The van der Waals surface area contributed by atoms with Gasteiger partial charge >= 0.3 is 0 Å². The number of aryl methyl sites for hydroxylation is 1. The van der Waals surface area contributed by atoms with Crippen molar-refractivity contribution in [3.63, 3.8) is 0 Å². The fourth-order valence-electron chi connectivity index (χ4n) is 3.10. The van der Waals surface area contributed by atoms with E-state index in [1.54, 1.807) is 18.3 Å². The molecular formula is C19H23N5O3. The maximum atomic E-state index is 12.9. The van der Waals surface area contributed by atoms with Crippen molar-refractivity contribution in [2.45, 2.75) is 25.9 Å². The van der Waals surface area contributed by atoms with Gasteiger partial charge in [-0.15, -0.1) is 0 Å². The Kier molecular flexibility index (Phi) is 5.54. The third-order valence-corrected chi connectivity index (χ3v) is 4.67. The summed E-state index contributed by atoms with van der Waals surface area (Å²) in [5.41, 5.74) is 2.42. The Morgan fingerprint density at radius 2 is 2.00 bits per heavy atom. The number of rotatable bonds is 5. The first kappa shape index (κ1) is 18.6. The summed E-state index contributed by atoms with van der Waals surface area (Å²) >= 11 is 0. The van der Waals surface area contributed by atoms with Crippen LogP contribution in [0.25, 0.3) is 11.1 Å². The van der Waals surface area contributed by atoms with Crippen LogP contribution in [0.3, 0.4) is 0 Å². The molecule has 2 N–H and O–H groups in total. The second kappa shape index (κ2) is 8.03. The molecule has 0 radical (unpaired) electrons. The van der Waals surface area contributed by atoms with Gasteiger partial charge in [-0.1, -0.05) is 12.1 Å². The van der Waals surface area contributed by atoms with Crippen molar-refractivity contribution in [3.05, 3.63) is 42.2 Å². The van der Waals surface area contributed by atoms with Crippen molar-refractivity contribution in [2.75, 3.05) is 20.1 Å². The van der Waals surface area contributed by atoms with Crippen LogP contribution < -0.4 is 10.6 Å². The Bertz CT molecular complexity index is 843. The molecule has 1 atom stereocenters. The Morgan fingerprint density at radius 1 is 1.26 bits per heavy atom. The first-order chi connectivity index (χ1) is 13.0. The molecule has 27 heavy (non-hydrogen) atoms. The molecule has 0 bridgehead atoms. The smallest absolute Gasteiger partial charge is 0.254 e. The van der Waals surface area contributed by atoms with E-state index in [-0.39, 0.29) is 24.1 Å². The van der Waals surface area contributed by atoms with Gasteiger partial charge in [0.15, 0.2) is 0 Å². The van der Waals surface area contributed by atoms with E-state index in [0.29, 0.717) is 18.7 Å². The maximum absolute atomic E-state index is 12.9. The lowest BCUT2D eigenvalue weighted by molar-refractivity contribution is -0.132. The van der Waals surface area contributed by atoms with Crippen molar-refractivity contribution in [1.82, 2.24) is 25.3 Å². The molecule has 0 spiro atoms. The van der Waals surface area contributed by atoms with E-state index in [2.05, 4.69) is 15.7 Å². The minimum absolute atomic E-state index is 0.0532. The lowest BCUT2D eigenvalue weighted by atomic mass is 10.0. The molecule has 1 fully saturated rings. The largest absolute Gasteiger partial charge is 0.359 e. The van der Waals surface area contributed by atoms with Gasteiger partial charge in [-0.2, -0.15) is 5.10 Å². The number of hydrogen-bond acceptors (Lipinski definition) is 4. The van der Waals surface area contributed by atoms with Gasteiger partial charge < -0.3 is 15.5 Å². The highest BCUT2D eigenvalue weighted by Crippen LogP contribution is 2.21. The van der Waals surface area contributed by atoms with Crippen molar-refractivity contribution < 1.29 is 14.4 Å². The lowest BCUT2D eigenvalue weighted by Crippen LogP contribution is -2.58. The molecule has 1 saturated heterocycles. The Hall–Kier alpha value is -3.16. The van der Waals surface area contributed by atoms with Gasteiger partial charge in [0.05, 0.1) is 12.6 Å². The molecule has 8 nitrogen and oxygen atoms in total. The molecule has 3 amide bonds. The summed E-state index contributed by atoms with van der Waals surface area (Å²) in [6.07, 6.45) is 3.68. The number of nitrogens with one attached hydrogen (secondary N) is 2. The van der Waals surface area contributed by atoms with E-state index >= 15 is 0 Å². The van der Waals surface area contributed by atoms with Gasteiger partial charge in [0.2, 0.25) is 11.8 Å². The van der Waals surface area contributed by atoms with Gasteiger partial charge in [0, 0.05) is 44.0 Å². The zero-order chi connectivity index (χ0) is 19.4. The van der Waals surface area contributed by atoms with Crippen molar-refractivity contribution in [2.24, 2.45) is 0 Å². The molecule has 1 aromatic heterocycles. The number of piperazine rings is 1. The molecule has 142 valence electrons. The van der Waals surface area contributed by atoms with E-state index in [9.17, 15) is 14.4 Å². The number of amides is 3. The highest BCUT2D eigenvalue weighted by atomic mass is 16.2. The highest BCUT2D eigenvalue weighted by Gasteiger charge is 2.34. The van der Waals surface area contributed by atoms with Crippen LogP contribution in [0, 0.1) is 0 Å². The zero-order valence-electron chi connectivity index (χ0n) is 15.4. The molecule has 0 aliphatic carbocycles. The Morgan fingerprint density at radius 3 is 2.63 bits per heavy atom. The molecule has 1 aliphatic heterocycles. The lowest BCUT2D eigenvalue weighted by Gasteiger charge is -2.34. The fraction of sp³-hybridized carbons (Fsp3) is 0.368. The summed E-state index contributed by atoms with van der Waals surface area (Å²) in [7, 11) is 1.51. The summed E-state index contributed by atoms with van der Waals surface area (Å²) < 4.78 is 1.84. The maximum Gasteiger partial charge on any atom is 0.254 e. The quantitative estimate of drug-likeness (QED) is 0.809. The van der Waals surface area contributed by atoms with Gasteiger partial charge in [0.25, 0.3) is 5.91 Å². The summed E-state index contributed by atoms with van der Waals surface area (Å²) in [5.74, 6) is -0.838. The second-order valence-electron chi connectivity index (χ2n) is 6.34. The topological polar surface area (TPSA) is 96.3 Å². The summed E-state index contributed by atoms with van der Waals surface area (Å²) in [6.45, 7) is 3.56. The summed E-state index contributed by atoms with van der Waals surface area (Å²) in [6, 6.07) is 6.41. The van der Waals surface area contributed by atoms with E-state index < -0.39 is 6.04 Å². The monoisotopic (exact) mass is 369 g/mol. The fourth-order valence-corrected chi connectivity index (χ4v) is 3.10. The van der Waals surface area contributed by atoms with Crippen LogP contribution in [0.5, 0.6) is 0 Å². The van der Waals surface area contributed by atoms with Gasteiger partial charge in [-0.05, 0) is 24.6 Å². The van der Waals surface area contributed by atoms with Crippen molar-refractivity contribution in [3.8, 4) is 11.1 Å². The second-order valence-corrected chi connectivity index (χ2v) is 6.34. The van der Waals surface area contributed by atoms with Crippen LogP contribution in [0.1, 0.15) is 23.7 Å². The van der Waals surface area contributed by atoms with E-state index in [1.165, 1.54) is 11.9 Å². The Labute approximate surface area is 157 Å². The number of hydrogen-bond donors (Lipinski definition) is 2. The molecule has 2 aromatic rings. The summed E-state index contributed by atoms with van der Waals surface area (Å²) in [5, 5.41) is 9.47. The number of carbonyl (C=O) groups is 3. The molecule has 1 unspecified atom stereocenters. The van der Waals surface area contributed by atoms with Gasteiger partial charge in [-0.25, -0.2) is 0 Å². The standard InChI is InChI=1S/C19H23N5O3/c1-3-23-12-15(11-22-23)13-4-6-14(7-5-13)19(27)24-9-8-21-18(26)16(24)10-17(25)20-2/h4-7,11-12,16H,3,8-10H2,1-2H3,(H,20,25)(H,21,26). The third-order valence-electron chi connectivity index (χ3n) is 4.67. The third kappa shape index (κ3) is 3.99. The van der Waals surface area contributed by atoms with E-state index in [0.717, 1.165) is 17.7 Å². The average molecular weight is 369 g/mol. The predicted molar refractivity (Wildman–Crippen MR) is 99.9 cm³/mol. The molecule has 3 rings (SSSR count). The minimum atomic E-state index is -0.798. The minimum Gasteiger partial charge on any atom is -0.359 e. The molecular weight excluding hydrogens is 346 g/mol. The van der Waals surface area contributed by atoms with Crippen LogP contribution in [-0.4, -0.2) is 58.6 Å². The van der Waals surface area contributed by atoms with Crippen LogP contribution in [0.15, 0.2) is 36.7 Å². The first-order valence-electron chi connectivity index (χ1n) is 8.95. The van der Waals surface area contributed by atoms with Crippen LogP contribution in [0.4, 0.5) is 0 Å². The SMILES string of the molecule is CCn1cc(-c2ccc(C(=O)N3CCNC(=O)C3CC(=O)NC)cc2)cn1. The molecule has 0 saturated carbocycles. The number of benzene rings is 1. The Balaban J connectivity index is 1.79. The number of carbonyl (C=O) groups excluding carboxylic acids is 3. The normalized spacial score (nSPS) is 16.7. The number of aromatic nitrogens is 2. The van der Waals surface area contributed by atoms with E-state index in [4.69, 9.17) is 0 Å². The molecule has 2 heterocycles. The molecule has 1 aromatic carbocycles. The molecule has 1 aliphatic rings.